The molecule has 2 rings (SSSR count). The number of nitrogens with zero attached hydrogens (tertiary/aromatic N) is 1. The third-order valence-electron chi connectivity index (χ3n) is 2.57. The van der Waals surface area contributed by atoms with Crippen molar-refractivity contribution in [1.82, 2.24) is 4.90 Å². The highest BCUT2D eigenvalue weighted by molar-refractivity contribution is 9.10. The van der Waals surface area contributed by atoms with Crippen LogP contribution < -0.4 is 4.74 Å². The van der Waals surface area contributed by atoms with E-state index in [9.17, 15) is 4.79 Å². The van der Waals surface area contributed by atoms with Crippen molar-refractivity contribution < 1.29 is 9.53 Å². The maximum absolute atomic E-state index is 11.7. The zero-order valence-corrected chi connectivity index (χ0v) is 12.3. The van der Waals surface area contributed by atoms with Gasteiger partial charge in [-0.3, -0.25) is 4.79 Å². The first-order valence-corrected chi connectivity index (χ1v) is 6.61. The molecule has 19 heavy (non-hydrogen) atoms. The number of amides is 1. The van der Waals surface area contributed by atoms with Gasteiger partial charge in [-0.25, -0.2) is 0 Å². The van der Waals surface area contributed by atoms with Crippen LogP contribution in [-0.2, 0) is 0 Å². The van der Waals surface area contributed by atoms with Gasteiger partial charge < -0.3 is 9.64 Å². The van der Waals surface area contributed by atoms with Gasteiger partial charge in [0.2, 0.25) is 0 Å². The molecule has 0 bridgehead atoms. The average Bonchev–Trinajstić information content (AvgIpc) is 2.41. The Kier molecular flexibility index (Phi) is 4.22. The summed E-state index contributed by atoms with van der Waals surface area (Å²) < 4.78 is 6.62. The summed E-state index contributed by atoms with van der Waals surface area (Å²) in [5.74, 6) is 1.42. The van der Waals surface area contributed by atoms with Crippen LogP contribution in [0.5, 0.6) is 11.5 Å². The van der Waals surface area contributed by atoms with E-state index in [-0.39, 0.29) is 5.91 Å². The van der Waals surface area contributed by atoms with E-state index in [0.717, 1.165) is 10.2 Å². The molecule has 0 radical (unpaired) electrons. The molecule has 0 atom stereocenters. The van der Waals surface area contributed by atoms with Gasteiger partial charge in [-0.15, -0.1) is 0 Å². The van der Waals surface area contributed by atoms with E-state index in [0.29, 0.717) is 11.3 Å². The van der Waals surface area contributed by atoms with Crippen LogP contribution in [-0.4, -0.2) is 24.9 Å². The molecule has 3 nitrogen and oxygen atoms in total. The number of para-hydroxylation sites is 1. The normalized spacial score (nSPS) is 10.1. The van der Waals surface area contributed by atoms with Crippen molar-refractivity contribution in [2.24, 2.45) is 0 Å². The van der Waals surface area contributed by atoms with Crippen LogP contribution in [0.3, 0.4) is 0 Å². The summed E-state index contributed by atoms with van der Waals surface area (Å²) in [5, 5.41) is 0. The molecule has 0 aromatic heterocycles. The Labute approximate surface area is 120 Å². The second kappa shape index (κ2) is 5.89. The summed E-state index contributed by atoms with van der Waals surface area (Å²) in [4.78, 5) is 13.3. The van der Waals surface area contributed by atoms with Crippen molar-refractivity contribution in [3.05, 3.63) is 58.6 Å². The molecule has 4 heteroatoms. The summed E-state index contributed by atoms with van der Waals surface area (Å²) in [7, 11) is 3.46. The van der Waals surface area contributed by atoms with Crippen LogP contribution >= 0.6 is 15.9 Å². The SMILES string of the molecule is CN(C)C(=O)c1ccc(Oc2ccccc2Br)cc1. The van der Waals surface area contributed by atoms with Gasteiger partial charge in [0.1, 0.15) is 11.5 Å². The quantitative estimate of drug-likeness (QED) is 0.857. The van der Waals surface area contributed by atoms with E-state index >= 15 is 0 Å². The third kappa shape index (κ3) is 3.35. The standard InChI is InChI=1S/C15H14BrNO2/c1-17(2)15(18)11-7-9-12(10-8-11)19-14-6-4-3-5-13(14)16/h3-10H,1-2H3. The van der Waals surface area contributed by atoms with E-state index in [2.05, 4.69) is 15.9 Å². The average molecular weight is 320 g/mol. The predicted octanol–water partition coefficient (Wildman–Crippen LogP) is 3.94. The van der Waals surface area contributed by atoms with Crippen LogP contribution in [0.4, 0.5) is 0 Å². The Balaban J connectivity index is 2.16. The number of halogens is 1. The Morgan fingerprint density at radius 2 is 1.68 bits per heavy atom. The lowest BCUT2D eigenvalue weighted by Crippen LogP contribution is -2.21. The summed E-state index contributed by atoms with van der Waals surface area (Å²) in [6.45, 7) is 0. The Hall–Kier alpha value is -1.81. The molecule has 0 aliphatic rings. The predicted molar refractivity (Wildman–Crippen MR) is 78.7 cm³/mol. The number of benzene rings is 2. The molecule has 0 unspecified atom stereocenters. The Morgan fingerprint density at radius 3 is 2.26 bits per heavy atom. The lowest BCUT2D eigenvalue weighted by molar-refractivity contribution is 0.0827. The molecule has 98 valence electrons. The van der Waals surface area contributed by atoms with Crippen molar-refractivity contribution in [3.8, 4) is 11.5 Å². The summed E-state index contributed by atoms with van der Waals surface area (Å²) in [6, 6.07) is 14.7. The fourth-order valence-electron chi connectivity index (χ4n) is 1.58. The van der Waals surface area contributed by atoms with Crippen LogP contribution in [0.2, 0.25) is 0 Å². The largest absolute Gasteiger partial charge is 0.456 e. The maximum atomic E-state index is 11.7. The maximum Gasteiger partial charge on any atom is 0.253 e. The molecule has 0 fully saturated rings. The van der Waals surface area contributed by atoms with Crippen molar-refractivity contribution >= 4 is 21.8 Å². The number of rotatable bonds is 3. The molecule has 2 aromatic carbocycles. The van der Waals surface area contributed by atoms with Gasteiger partial charge in [-0.05, 0) is 52.3 Å². The van der Waals surface area contributed by atoms with Gasteiger partial charge in [-0.2, -0.15) is 0 Å². The highest BCUT2D eigenvalue weighted by Gasteiger charge is 2.08. The van der Waals surface area contributed by atoms with Crippen molar-refractivity contribution in [1.29, 1.82) is 0 Å². The minimum absolute atomic E-state index is 0.0209. The molecule has 0 saturated carbocycles. The third-order valence-corrected chi connectivity index (χ3v) is 3.23. The number of hydrogen-bond donors (Lipinski definition) is 0. The molecule has 2 aromatic rings. The van der Waals surface area contributed by atoms with E-state index in [4.69, 9.17) is 4.74 Å². The summed E-state index contributed by atoms with van der Waals surface area (Å²) in [5.41, 5.74) is 0.643. The number of hydrogen-bond acceptors (Lipinski definition) is 2. The van der Waals surface area contributed by atoms with Gasteiger partial charge in [0.15, 0.2) is 0 Å². The molecule has 0 spiro atoms. The second-order valence-electron chi connectivity index (χ2n) is 4.26. The zero-order chi connectivity index (χ0) is 13.8. The van der Waals surface area contributed by atoms with Crippen LogP contribution in [0.15, 0.2) is 53.0 Å². The number of ether oxygens (including phenoxy) is 1. The van der Waals surface area contributed by atoms with Gasteiger partial charge in [-0.1, -0.05) is 12.1 Å². The topological polar surface area (TPSA) is 29.5 Å². The highest BCUT2D eigenvalue weighted by atomic mass is 79.9. The molecule has 0 aliphatic carbocycles. The lowest BCUT2D eigenvalue weighted by Gasteiger charge is -2.11. The Morgan fingerprint density at radius 1 is 1.05 bits per heavy atom. The summed E-state index contributed by atoms with van der Waals surface area (Å²) in [6.07, 6.45) is 0. The highest BCUT2D eigenvalue weighted by Crippen LogP contribution is 2.29. The number of carbonyl (C=O) groups is 1. The van der Waals surface area contributed by atoms with Crippen LogP contribution in [0.1, 0.15) is 10.4 Å². The Bertz CT molecular complexity index is 579. The molecule has 0 aliphatic heterocycles. The zero-order valence-electron chi connectivity index (χ0n) is 10.8. The minimum atomic E-state index is -0.0209. The molecule has 0 saturated heterocycles. The fourth-order valence-corrected chi connectivity index (χ4v) is 1.94. The van der Waals surface area contributed by atoms with Crippen LogP contribution in [0.25, 0.3) is 0 Å². The smallest absolute Gasteiger partial charge is 0.253 e. The van der Waals surface area contributed by atoms with Crippen molar-refractivity contribution in [3.63, 3.8) is 0 Å². The first-order valence-electron chi connectivity index (χ1n) is 5.82. The lowest BCUT2D eigenvalue weighted by atomic mass is 10.2. The van der Waals surface area contributed by atoms with Crippen molar-refractivity contribution in [2.45, 2.75) is 0 Å². The molecular formula is C15H14BrNO2. The van der Waals surface area contributed by atoms with Gasteiger partial charge in [0.05, 0.1) is 4.47 Å². The van der Waals surface area contributed by atoms with Gasteiger partial charge in [0.25, 0.3) is 5.91 Å². The molecule has 1 amide bonds. The van der Waals surface area contributed by atoms with E-state index in [1.165, 1.54) is 0 Å². The van der Waals surface area contributed by atoms with E-state index < -0.39 is 0 Å². The molecule has 0 N–H and O–H groups in total. The molecular weight excluding hydrogens is 306 g/mol. The second-order valence-corrected chi connectivity index (χ2v) is 5.11. The summed E-state index contributed by atoms with van der Waals surface area (Å²) >= 11 is 3.42. The molecule has 0 heterocycles. The monoisotopic (exact) mass is 319 g/mol. The number of carbonyl (C=O) groups excluding carboxylic acids is 1. The van der Waals surface area contributed by atoms with Crippen molar-refractivity contribution in [2.75, 3.05) is 14.1 Å². The first-order chi connectivity index (χ1) is 9.08. The van der Waals surface area contributed by atoms with E-state index in [1.54, 1.807) is 43.3 Å². The van der Waals surface area contributed by atoms with Gasteiger partial charge in [0, 0.05) is 19.7 Å². The minimum Gasteiger partial charge on any atom is -0.456 e. The van der Waals surface area contributed by atoms with Gasteiger partial charge >= 0.3 is 0 Å². The first kappa shape index (κ1) is 13.6. The van der Waals surface area contributed by atoms with E-state index in [1.807, 2.05) is 24.3 Å². The fraction of sp³-hybridized carbons (Fsp3) is 0.133. The van der Waals surface area contributed by atoms with Crippen LogP contribution in [0, 0.1) is 0 Å².